The predicted octanol–water partition coefficient (Wildman–Crippen LogP) is 2.63. The van der Waals surface area contributed by atoms with Gasteiger partial charge in [-0.1, -0.05) is 12.1 Å². The first-order valence-electron chi connectivity index (χ1n) is 9.03. The van der Waals surface area contributed by atoms with E-state index in [-0.39, 0.29) is 30.7 Å². The van der Waals surface area contributed by atoms with Gasteiger partial charge in [0.25, 0.3) is 5.91 Å². The molecular formula is C21H25FN2O5. The van der Waals surface area contributed by atoms with E-state index in [0.29, 0.717) is 29.4 Å². The van der Waals surface area contributed by atoms with Gasteiger partial charge in [0.15, 0.2) is 11.5 Å². The summed E-state index contributed by atoms with van der Waals surface area (Å²) < 4.78 is 28.8. The number of rotatable bonds is 9. The molecule has 0 aliphatic rings. The fourth-order valence-corrected chi connectivity index (χ4v) is 2.75. The van der Waals surface area contributed by atoms with Crippen molar-refractivity contribution in [3.8, 4) is 17.2 Å². The molecule has 0 spiro atoms. The van der Waals surface area contributed by atoms with Gasteiger partial charge in [-0.15, -0.1) is 0 Å². The van der Waals surface area contributed by atoms with E-state index < -0.39 is 0 Å². The highest BCUT2D eigenvalue weighted by Gasteiger charge is 2.22. The Labute approximate surface area is 169 Å². The van der Waals surface area contributed by atoms with Gasteiger partial charge in [0.1, 0.15) is 5.82 Å². The molecule has 0 heterocycles. The number of carbonyl (C=O) groups excluding carboxylic acids is 2. The number of amides is 2. The summed E-state index contributed by atoms with van der Waals surface area (Å²) >= 11 is 0. The lowest BCUT2D eigenvalue weighted by Crippen LogP contribution is -2.40. The number of carbonyl (C=O) groups is 2. The molecule has 0 saturated heterocycles. The topological polar surface area (TPSA) is 77.1 Å². The summed E-state index contributed by atoms with van der Waals surface area (Å²) in [5.41, 5.74) is 1.08. The zero-order valence-corrected chi connectivity index (χ0v) is 17.0. The molecular weight excluding hydrogens is 379 g/mol. The van der Waals surface area contributed by atoms with Crippen LogP contribution in [0.5, 0.6) is 17.2 Å². The van der Waals surface area contributed by atoms with Crippen LogP contribution in [-0.2, 0) is 11.3 Å². The van der Waals surface area contributed by atoms with Crippen molar-refractivity contribution in [1.82, 2.24) is 10.2 Å². The SMILES string of the molecule is CCN(CC(=O)NCc1ccc(F)cc1)C(=O)c1cc(OC)c(OC)c(OC)c1. The van der Waals surface area contributed by atoms with Gasteiger partial charge in [0, 0.05) is 18.7 Å². The quantitative estimate of drug-likeness (QED) is 0.695. The van der Waals surface area contributed by atoms with Crippen LogP contribution < -0.4 is 19.5 Å². The van der Waals surface area contributed by atoms with Crippen LogP contribution in [0.4, 0.5) is 4.39 Å². The smallest absolute Gasteiger partial charge is 0.254 e. The first-order valence-corrected chi connectivity index (χ1v) is 9.03. The van der Waals surface area contributed by atoms with Gasteiger partial charge in [-0.25, -0.2) is 4.39 Å². The van der Waals surface area contributed by atoms with E-state index in [0.717, 1.165) is 5.56 Å². The highest BCUT2D eigenvalue weighted by atomic mass is 19.1. The average Bonchev–Trinajstić information content (AvgIpc) is 2.75. The Bertz CT molecular complexity index is 830. The molecule has 29 heavy (non-hydrogen) atoms. The van der Waals surface area contributed by atoms with Crippen LogP contribution in [0.15, 0.2) is 36.4 Å². The Hall–Kier alpha value is -3.29. The lowest BCUT2D eigenvalue weighted by molar-refractivity contribution is -0.121. The highest BCUT2D eigenvalue weighted by molar-refractivity contribution is 5.97. The van der Waals surface area contributed by atoms with Crippen LogP contribution in [0.3, 0.4) is 0 Å². The Kier molecular flexibility index (Phi) is 7.82. The van der Waals surface area contributed by atoms with Crippen LogP contribution in [0.1, 0.15) is 22.8 Å². The zero-order chi connectivity index (χ0) is 21.4. The van der Waals surface area contributed by atoms with Crippen LogP contribution in [0, 0.1) is 5.82 Å². The molecule has 0 radical (unpaired) electrons. The molecule has 0 aromatic heterocycles. The number of halogens is 1. The second kappa shape index (κ2) is 10.3. The van der Waals surface area contributed by atoms with Crippen molar-refractivity contribution in [3.05, 3.63) is 53.3 Å². The molecule has 0 atom stereocenters. The van der Waals surface area contributed by atoms with Gasteiger partial charge in [0.05, 0.1) is 27.9 Å². The molecule has 2 amide bonds. The zero-order valence-electron chi connectivity index (χ0n) is 17.0. The van der Waals surface area contributed by atoms with E-state index in [9.17, 15) is 14.0 Å². The Morgan fingerprint density at radius 2 is 1.59 bits per heavy atom. The molecule has 0 unspecified atom stereocenters. The van der Waals surface area contributed by atoms with E-state index in [4.69, 9.17) is 14.2 Å². The number of hydrogen-bond acceptors (Lipinski definition) is 5. The minimum Gasteiger partial charge on any atom is -0.493 e. The molecule has 2 rings (SSSR count). The summed E-state index contributed by atoms with van der Waals surface area (Å²) in [6.07, 6.45) is 0. The van der Waals surface area contributed by atoms with Gasteiger partial charge in [-0.3, -0.25) is 9.59 Å². The number of benzene rings is 2. The minimum absolute atomic E-state index is 0.118. The molecule has 2 aromatic carbocycles. The number of nitrogens with one attached hydrogen (secondary N) is 1. The second-order valence-electron chi connectivity index (χ2n) is 6.14. The summed E-state index contributed by atoms with van der Waals surface area (Å²) in [4.78, 5) is 26.6. The van der Waals surface area contributed by atoms with Gasteiger partial charge in [0.2, 0.25) is 11.7 Å². The molecule has 0 aliphatic carbocycles. The van der Waals surface area contributed by atoms with Crippen LogP contribution in [0.2, 0.25) is 0 Å². The third-order valence-electron chi connectivity index (χ3n) is 4.32. The Balaban J connectivity index is 2.09. The lowest BCUT2D eigenvalue weighted by atomic mass is 10.1. The van der Waals surface area contributed by atoms with Crippen LogP contribution in [-0.4, -0.2) is 51.1 Å². The van der Waals surface area contributed by atoms with Crippen LogP contribution in [0.25, 0.3) is 0 Å². The van der Waals surface area contributed by atoms with E-state index in [1.165, 1.54) is 38.4 Å². The summed E-state index contributed by atoms with van der Waals surface area (Å²) in [6, 6.07) is 8.93. The van der Waals surface area contributed by atoms with Crippen molar-refractivity contribution < 1.29 is 28.2 Å². The summed E-state index contributed by atoms with van der Waals surface area (Å²) in [5, 5.41) is 2.73. The maximum absolute atomic E-state index is 13.0. The molecule has 8 heteroatoms. The summed E-state index contributed by atoms with van der Waals surface area (Å²) in [6.45, 7) is 2.24. The number of nitrogens with zero attached hydrogens (tertiary/aromatic N) is 1. The standard InChI is InChI=1S/C21H25FN2O5/c1-5-24(13-19(25)23-12-14-6-8-16(22)9-7-14)21(26)15-10-17(27-2)20(29-4)18(11-15)28-3/h6-11H,5,12-13H2,1-4H3,(H,23,25). The van der Waals surface area contributed by atoms with Crippen molar-refractivity contribution >= 4 is 11.8 Å². The predicted molar refractivity (Wildman–Crippen MR) is 106 cm³/mol. The number of ether oxygens (including phenoxy) is 3. The van der Waals surface area contributed by atoms with Crippen LogP contribution >= 0.6 is 0 Å². The third-order valence-corrected chi connectivity index (χ3v) is 4.32. The largest absolute Gasteiger partial charge is 0.493 e. The van der Waals surface area contributed by atoms with Crippen molar-refractivity contribution in [1.29, 1.82) is 0 Å². The Morgan fingerprint density at radius 3 is 2.07 bits per heavy atom. The highest BCUT2D eigenvalue weighted by Crippen LogP contribution is 2.38. The molecule has 1 N–H and O–H groups in total. The van der Waals surface area contributed by atoms with E-state index in [1.807, 2.05) is 0 Å². The fraction of sp³-hybridized carbons (Fsp3) is 0.333. The first-order chi connectivity index (χ1) is 13.9. The lowest BCUT2D eigenvalue weighted by Gasteiger charge is -2.22. The van der Waals surface area contributed by atoms with Gasteiger partial charge >= 0.3 is 0 Å². The normalized spacial score (nSPS) is 10.2. The molecule has 0 bridgehead atoms. The molecule has 0 aliphatic heterocycles. The maximum Gasteiger partial charge on any atom is 0.254 e. The molecule has 0 saturated carbocycles. The van der Waals surface area contributed by atoms with Crippen molar-refractivity contribution in [2.45, 2.75) is 13.5 Å². The van der Waals surface area contributed by atoms with Gasteiger partial charge < -0.3 is 24.4 Å². The summed E-state index contributed by atoms with van der Waals surface area (Å²) in [7, 11) is 4.41. The monoisotopic (exact) mass is 404 g/mol. The summed E-state index contributed by atoms with van der Waals surface area (Å²) in [5.74, 6) is 0.0829. The van der Waals surface area contributed by atoms with Crippen molar-refractivity contribution in [3.63, 3.8) is 0 Å². The molecule has 2 aromatic rings. The minimum atomic E-state index is -0.344. The average molecular weight is 404 g/mol. The van der Waals surface area contributed by atoms with Gasteiger partial charge in [-0.05, 0) is 36.8 Å². The van der Waals surface area contributed by atoms with Crippen molar-refractivity contribution in [2.24, 2.45) is 0 Å². The van der Waals surface area contributed by atoms with Gasteiger partial charge in [-0.2, -0.15) is 0 Å². The second-order valence-corrected chi connectivity index (χ2v) is 6.14. The first kappa shape index (κ1) is 22.0. The fourth-order valence-electron chi connectivity index (χ4n) is 2.75. The molecule has 7 nitrogen and oxygen atoms in total. The van der Waals surface area contributed by atoms with E-state index >= 15 is 0 Å². The number of hydrogen-bond donors (Lipinski definition) is 1. The maximum atomic E-state index is 13.0. The Morgan fingerprint density at radius 1 is 1.00 bits per heavy atom. The number of methoxy groups -OCH3 is 3. The van der Waals surface area contributed by atoms with E-state index in [2.05, 4.69) is 5.32 Å². The molecule has 156 valence electrons. The molecule has 0 fully saturated rings. The number of likely N-dealkylation sites (N-methyl/N-ethyl adjacent to an activating group) is 1. The van der Waals surface area contributed by atoms with E-state index in [1.54, 1.807) is 31.2 Å². The van der Waals surface area contributed by atoms with Crippen molar-refractivity contribution in [2.75, 3.05) is 34.4 Å². The third kappa shape index (κ3) is 5.60.